The van der Waals surface area contributed by atoms with Crippen LogP contribution in [0.15, 0.2) is 29.7 Å². The molecule has 0 aromatic carbocycles. The first-order chi connectivity index (χ1) is 11.2. The Bertz CT molecular complexity index is 680. The molecule has 2 aromatic rings. The molecule has 8 heteroatoms. The fraction of sp³-hybridized carbons (Fsp3) is 0.467. The van der Waals surface area contributed by atoms with Crippen LogP contribution in [0.3, 0.4) is 0 Å². The molecule has 1 aliphatic rings. The van der Waals surface area contributed by atoms with Gasteiger partial charge in [-0.1, -0.05) is 11.8 Å². The molecule has 0 aliphatic carbocycles. The van der Waals surface area contributed by atoms with E-state index in [9.17, 15) is 4.79 Å². The summed E-state index contributed by atoms with van der Waals surface area (Å²) < 4.78 is 1.59. The minimum Gasteiger partial charge on any atom is -0.356 e. The van der Waals surface area contributed by atoms with Crippen LogP contribution in [0.2, 0.25) is 0 Å². The highest BCUT2D eigenvalue weighted by Crippen LogP contribution is 2.20. The summed E-state index contributed by atoms with van der Waals surface area (Å²) in [6.45, 7) is 1.75. The van der Waals surface area contributed by atoms with Crippen molar-refractivity contribution in [2.75, 3.05) is 24.2 Å². The van der Waals surface area contributed by atoms with Crippen molar-refractivity contribution in [1.82, 2.24) is 25.1 Å². The zero-order chi connectivity index (χ0) is 16.2. The van der Waals surface area contributed by atoms with Crippen molar-refractivity contribution in [2.45, 2.75) is 24.0 Å². The predicted octanol–water partition coefficient (Wildman–Crippen LogP) is 1.33. The van der Waals surface area contributed by atoms with Gasteiger partial charge in [0.1, 0.15) is 11.5 Å². The molecule has 0 bridgehead atoms. The molecule has 0 spiro atoms. The minimum absolute atomic E-state index is 0.0600. The zero-order valence-corrected chi connectivity index (χ0v) is 14.1. The highest BCUT2D eigenvalue weighted by atomic mass is 32.2. The number of carbonyl (C=O) groups is 1. The van der Waals surface area contributed by atoms with Crippen LogP contribution in [0.1, 0.15) is 23.3 Å². The third-order valence-corrected chi connectivity index (χ3v) is 4.57. The lowest BCUT2D eigenvalue weighted by Gasteiger charge is -2.33. The summed E-state index contributed by atoms with van der Waals surface area (Å²) in [5.41, 5.74) is 0.591. The van der Waals surface area contributed by atoms with Gasteiger partial charge in [-0.25, -0.2) is 9.97 Å². The second-order valence-electron chi connectivity index (χ2n) is 5.48. The van der Waals surface area contributed by atoms with Crippen LogP contribution in [0.25, 0.3) is 0 Å². The Kier molecular flexibility index (Phi) is 4.80. The Labute approximate surface area is 139 Å². The van der Waals surface area contributed by atoms with E-state index >= 15 is 0 Å². The highest BCUT2D eigenvalue weighted by Gasteiger charge is 2.23. The Morgan fingerprint density at radius 1 is 1.30 bits per heavy atom. The molecule has 0 atom stereocenters. The average molecular weight is 332 g/mol. The first-order valence-electron chi connectivity index (χ1n) is 7.58. The highest BCUT2D eigenvalue weighted by molar-refractivity contribution is 7.98. The second-order valence-corrected chi connectivity index (χ2v) is 6.25. The second kappa shape index (κ2) is 6.99. The molecule has 0 saturated carbocycles. The molecule has 1 amide bonds. The van der Waals surface area contributed by atoms with Crippen molar-refractivity contribution in [3.63, 3.8) is 0 Å². The van der Waals surface area contributed by atoms with Crippen molar-refractivity contribution in [2.24, 2.45) is 7.05 Å². The number of nitrogens with one attached hydrogen (secondary N) is 1. The minimum atomic E-state index is -0.0600. The van der Waals surface area contributed by atoms with E-state index in [0.29, 0.717) is 5.69 Å². The molecule has 0 radical (unpaired) electrons. The van der Waals surface area contributed by atoms with Crippen molar-refractivity contribution in [3.05, 3.63) is 30.2 Å². The number of rotatable bonds is 4. The number of aryl methyl sites for hydroxylation is 1. The number of amides is 1. The van der Waals surface area contributed by atoms with Crippen LogP contribution < -0.4 is 10.2 Å². The van der Waals surface area contributed by atoms with Crippen molar-refractivity contribution in [1.29, 1.82) is 0 Å². The fourth-order valence-corrected chi connectivity index (χ4v) is 3.07. The van der Waals surface area contributed by atoms with Crippen molar-refractivity contribution >= 4 is 23.5 Å². The number of aromatic nitrogens is 4. The summed E-state index contributed by atoms with van der Waals surface area (Å²) in [6.07, 6.45) is 7.21. The fourth-order valence-electron chi connectivity index (χ4n) is 2.72. The third-order valence-electron chi connectivity index (χ3n) is 4.01. The molecule has 1 fully saturated rings. The van der Waals surface area contributed by atoms with Gasteiger partial charge in [-0.3, -0.25) is 9.48 Å². The molecule has 1 aliphatic heterocycles. The van der Waals surface area contributed by atoms with E-state index < -0.39 is 0 Å². The van der Waals surface area contributed by atoms with Gasteiger partial charge >= 0.3 is 0 Å². The van der Waals surface area contributed by atoms with Gasteiger partial charge in [0.25, 0.3) is 5.91 Å². The first-order valence-corrected chi connectivity index (χ1v) is 8.80. The normalized spacial score (nSPS) is 15.7. The van der Waals surface area contributed by atoms with Gasteiger partial charge in [-0.15, -0.1) is 0 Å². The summed E-state index contributed by atoms with van der Waals surface area (Å²) in [6, 6.07) is 3.86. The summed E-state index contributed by atoms with van der Waals surface area (Å²) in [7, 11) is 1.77. The molecule has 0 unspecified atom stereocenters. The summed E-state index contributed by atoms with van der Waals surface area (Å²) >= 11 is 1.54. The largest absolute Gasteiger partial charge is 0.356 e. The van der Waals surface area contributed by atoms with Crippen LogP contribution >= 0.6 is 11.8 Å². The Balaban J connectivity index is 1.56. The van der Waals surface area contributed by atoms with E-state index in [1.165, 1.54) is 0 Å². The number of piperidine rings is 1. The van der Waals surface area contributed by atoms with E-state index in [1.54, 1.807) is 42.0 Å². The summed E-state index contributed by atoms with van der Waals surface area (Å²) in [5.74, 6) is 0.899. The molecule has 2 aromatic heterocycles. The van der Waals surface area contributed by atoms with Gasteiger partial charge in [0.2, 0.25) is 0 Å². The number of anilines is 1. The molecular weight excluding hydrogens is 312 g/mol. The Hall–Kier alpha value is -2.09. The lowest BCUT2D eigenvalue weighted by molar-refractivity contribution is 0.0921. The number of thioether (sulfide) groups is 1. The SMILES string of the molecule is CSc1nccc(N2CCC(NC(=O)c3ccnn3C)CC2)n1. The molecule has 23 heavy (non-hydrogen) atoms. The maximum atomic E-state index is 12.2. The van der Waals surface area contributed by atoms with Crippen LogP contribution in [0.4, 0.5) is 5.82 Å². The van der Waals surface area contributed by atoms with Gasteiger partial charge in [0, 0.05) is 38.6 Å². The summed E-state index contributed by atoms with van der Waals surface area (Å²) in [5, 5.41) is 7.91. The molecule has 1 N–H and O–H groups in total. The van der Waals surface area contributed by atoms with E-state index in [4.69, 9.17) is 0 Å². The number of hydrogen-bond acceptors (Lipinski definition) is 6. The van der Waals surface area contributed by atoms with E-state index in [2.05, 4.69) is 25.3 Å². The van der Waals surface area contributed by atoms with Crippen molar-refractivity contribution < 1.29 is 4.79 Å². The predicted molar refractivity (Wildman–Crippen MR) is 89.7 cm³/mol. The lowest BCUT2D eigenvalue weighted by Crippen LogP contribution is -2.45. The number of carbonyl (C=O) groups excluding carboxylic acids is 1. The molecule has 122 valence electrons. The molecule has 7 nitrogen and oxygen atoms in total. The number of nitrogens with zero attached hydrogens (tertiary/aromatic N) is 5. The monoisotopic (exact) mass is 332 g/mol. The Morgan fingerprint density at radius 3 is 2.74 bits per heavy atom. The standard InChI is InChI=1S/C15H20N6OS/c1-20-12(3-8-17-20)14(22)18-11-5-9-21(10-6-11)13-4-7-16-15(19-13)23-2/h3-4,7-8,11H,5-6,9-10H2,1-2H3,(H,18,22). The van der Waals surface area contributed by atoms with Crippen molar-refractivity contribution in [3.8, 4) is 0 Å². The van der Waals surface area contributed by atoms with E-state index in [1.807, 2.05) is 12.3 Å². The maximum absolute atomic E-state index is 12.2. The molecule has 3 heterocycles. The smallest absolute Gasteiger partial charge is 0.269 e. The quantitative estimate of drug-likeness (QED) is 0.672. The van der Waals surface area contributed by atoms with Gasteiger partial charge in [0.05, 0.1) is 0 Å². The van der Waals surface area contributed by atoms with Gasteiger partial charge in [-0.2, -0.15) is 5.10 Å². The van der Waals surface area contributed by atoms with E-state index in [0.717, 1.165) is 36.9 Å². The summed E-state index contributed by atoms with van der Waals surface area (Å²) in [4.78, 5) is 23.2. The molecule has 1 saturated heterocycles. The Morgan fingerprint density at radius 2 is 2.09 bits per heavy atom. The first kappa shape index (κ1) is 15.8. The maximum Gasteiger partial charge on any atom is 0.269 e. The number of hydrogen-bond donors (Lipinski definition) is 1. The van der Waals surface area contributed by atoms with Gasteiger partial charge in [-0.05, 0) is 31.2 Å². The lowest BCUT2D eigenvalue weighted by atomic mass is 10.0. The zero-order valence-electron chi connectivity index (χ0n) is 13.3. The van der Waals surface area contributed by atoms with Gasteiger partial charge in [0.15, 0.2) is 5.16 Å². The third kappa shape index (κ3) is 3.64. The van der Waals surface area contributed by atoms with E-state index in [-0.39, 0.29) is 11.9 Å². The average Bonchev–Trinajstić information content (AvgIpc) is 3.02. The topological polar surface area (TPSA) is 75.9 Å². The van der Waals surface area contributed by atoms with Gasteiger partial charge < -0.3 is 10.2 Å². The molecule has 3 rings (SSSR count). The van der Waals surface area contributed by atoms with Crippen LogP contribution in [0, 0.1) is 0 Å². The van der Waals surface area contributed by atoms with Crippen LogP contribution in [-0.2, 0) is 7.05 Å². The van der Waals surface area contributed by atoms with Crippen LogP contribution in [0.5, 0.6) is 0 Å². The van der Waals surface area contributed by atoms with Crippen LogP contribution in [-0.4, -0.2) is 51.0 Å². The molecular formula is C15H20N6OS.